The zero-order valence-electron chi connectivity index (χ0n) is 11.4. The number of benzene rings is 1. The van der Waals surface area contributed by atoms with Gasteiger partial charge in [-0.05, 0) is 37.1 Å². The Kier molecular flexibility index (Phi) is 5.37. The van der Waals surface area contributed by atoms with Crippen molar-refractivity contribution in [1.82, 2.24) is 4.98 Å². The maximum atomic E-state index is 12.6. The molecular weight excluding hydrogens is 274 g/mol. The number of amides is 1. The first-order valence-electron chi connectivity index (χ1n) is 6.73. The number of nitrogens with one attached hydrogen (secondary N) is 1. The van der Waals surface area contributed by atoms with E-state index in [0.29, 0.717) is 24.9 Å². The van der Waals surface area contributed by atoms with Crippen LogP contribution in [0.1, 0.15) is 30.5 Å². The molecular formula is C16H16F2N2O. The molecule has 110 valence electrons. The Morgan fingerprint density at radius 1 is 1.19 bits per heavy atom. The molecule has 1 N–H and O–H groups in total. The van der Waals surface area contributed by atoms with Gasteiger partial charge < -0.3 is 5.32 Å². The van der Waals surface area contributed by atoms with Crippen LogP contribution in [0, 0.1) is 0 Å². The van der Waals surface area contributed by atoms with Gasteiger partial charge in [-0.3, -0.25) is 9.78 Å². The van der Waals surface area contributed by atoms with Crippen molar-refractivity contribution < 1.29 is 13.6 Å². The van der Waals surface area contributed by atoms with Crippen LogP contribution in [0.5, 0.6) is 0 Å². The highest BCUT2D eigenvalue weighted by Gasteiger charge is 2.08. The number of aromatic nitrogens is 1. The average Bonchev–Trinajstić information content (AvgIpc) is 2.48. The monoisotopic (exact) mass is 290 g/mol. The molecule has 0 atom stereocenters. The van der Waals surface area contributed by atoms with E-state index in [1.54, 1.807) is 12.3 Å². The van der Waals surface area contributed by atoms with E-state index in [1.165, 1.54) is 18.2 Å². The third-order valence-corrected chi connectivity index (χ3v) is 2.99. The zero-order valence-corrected chi connectivity index (χ0v) is 11.4. The predicted molar refractivity (Wildman–Crippen MR) is 77.2 cm³/mol. The first kappa shape index (κ1) is 15.1. The molecule has 0 fully saturated rings. The summed E-state index contributed by atoms with van der Waals surface area (Å²) in [5.74, 6) is -0.183. The van der Waals surface area contributed by atoms with Crippen molar-refractivity contribution in [3.05, 3.63) is 59.9 Å². The molecule has 1 heterocycles. The Hall–Kier alpha value is -2.30. The molecule has 5 heteroatoms. The molecule has 0 radical (unpaired) electrons. The highest BCUT2D eigenvalue weighted by molar-refractivity contribution is 5.90. The lowest BCUT2D eigenvalue weighted by atomic mass is 10.1. The molecule has 0 saturated carbocycles. The lowest BCUT2D eigenvalue weighted by Gasteiger charge is -2.07. The van der Waals surface area contributed by atoms with Crippen LogP contribution in [-0.2, 0) is 11.2 Å². The Labute approximate surface area is 122 Å². The lowest BCUT2D eigenvalue weighted by Crippen LogP contribution is -2.11. The van der Waals surface area contributed by atoms with Gasteiger partial charge in [-0.1, -0.05) is 18.2 Å². The third kappa shape index (κ3) is 4.95. The van der Waals surface area contributed by atoms with Gasteiger partial charge >= 0.3 is 0 Å². The molecule has 2 rings (SSSR count). The first-order valence-corrected chi connectivity index (χ1v) is 6.73. The van der Waals surface area contributed by atoms with Gasteiger partial charge in [0.1, 0.15) is 0 Å². The van der Waals surface area contributed by atoms with E-state index in [-0.39, 0.29) is 11.5 Å². The molecule has 1 aromatic heterocycles. The second kappa shape index (κ2) is 7.47. The van der Waals surface area contributed by atoms with Gasteiger partial charge in [-0.2, -0.15) is 0 Å². The summed E-state index contributed by atoms with van der Waals surface area (Å²) in [6, 6.07) is 11.4. The van der Waals surface area contributed by atoms with Gasteiger partial charge in [0.25, 0.3) is 6.43 Å². The number of nitrogens with zero attached hydrogens (tertiary/aromatic N) is 1. The fourth-order valence-electron chi connectivity index (χ4n) is 1.95. The molecule has 0 bridgehead atoms. The second-order valence-electron chi connectivity index (χ2n) is 4.65. The number of alkyl halides is 2. The number of rotatable bonds is 6. The minimum Gasteiger partial charge on any atom is -0.326 e. The summed E-state index contributed by atoms with van der Waals surface area (Å²) in [7, 11) is 0. The summed E-state index contributed by atoms with van der Waals surface area (Å²) in [5.41, 5.74) is 1.24. The number of halogens is 2. The largest absolute Gasteiger partial charge is 0.326 e. The molecule has 0 saturated heterocycles. The number of anilines is 1. The van der Waals surface area contributed by atoms with E-state index in [2.05, 4.69) is 10.3 Å². The van der Waals surface area contributed by atoms with Crippen LogP contribution in [0.3, 0.4) is 0 Å². The number of hydrogen-bond acceptors (Lipinski definition) is 2. The van der Waals surface area contributed by atoms with Crippen molar-refractivity contribution in [2.75, 3.05) is 5.32 Å². The van der Waals surface area contributed by atoms with Gasteiger partial charge in [-0.25, -0.2) is 8.78 Å². The van der Waals surface area contributed by atoms with Gasteiger partial charge in [-0.15, -0.1) is 0 Å². The lowest BCUT2D eigenvalue weighted by molar-refractivity contribution is -0.116. The molecule has 0 spiro atoms. The topological polar surface area (TPSA) is 42.0 Å². The number of pyridine rings is 1. The summed E-state index contributed by atoms with van der Waals surface area (Å²) >= 11 is 0. The normalized spacial score (nSPS) is 10.6. The molecule has 0 aliphatic carbocycles. The van der Waals surface area contributed by atoms with E-state index < -0.39 is 6.43 Å². The van der Waals surface area contributed by atoms with E-state index in [1.807, 2.05) is 18.2 Å². The van der Waals surface area contributed by atoms with Crippen LogP contribution in [0.25, 0.3) is 0 Å². The summed E-state index contributed by atoms with van der Waals surface area (Å²) in [6.07, 6.45) is 0.884. The molecule has 21 heavy (non-hydrogen) atoms. The first-order chi connectivity index (χ1) is 10.1. The summed E-state index contributed by atoms with van der Waals surface area (Å²) in [4.78, 5) is 15.9. The van der Waals surface area contributed by atoms with Crippen molar-refractivity contribution in [1.29, 1.82) is 0 Å². The highest BCUT2D eigenvalue weighted by Crippen LogP contribution is 2.21. The summed E-state index contributed by atoms with van der Waals surface area (Å²) in [6.45, 7) is 0. The molecule has 0 unspecified atom stereocenters. The molecule has 2 aromatic rings. The summed E-state index contributed by atoms with van der Waals surface area (Å²) in [5, 5.41) is 2.63. The SMILES string of the molecule is O=C(CCCc1ccccn1)Nc1cccc(C(F)F)c1. The van der Waals surface area contributed by atoms with E-state index in [0.717, 1.165) is 5.69 Å². The van der Waals surface area contributed by atoms with E-state index in [9.17, 15) is 13.6 Å². The van der Waals surface area contributed by atoms with Crippen LogP contribution in [0.2, 0.25) is 0 Å². The average molecular weight is 290 g/mol. The molecule has 1 amide bonds. The van der Waals surface area contributed by atoms with Crippen LogP contribution in [0.15, 0.2) is 48.7 Å². The molecule has 1 aromatic carbocycles. The smallest absolute Gasteiger partial charge is 0.263 e. The number of carbonyl (C=O) groups excluding carboxylic acids is 1. The van der Waals surface area contributed by atoms with Crippen molar-refractivity contribution >= 4 is 11.6 Å². The van der Waals surface area contributed by atoms with Gasteiger partial charge in [0.2, 0.25) is 5.91 Å². The number of aryl methyl sites for hydroxylation is 1. The quantitative estimate of drug-likeness (QED) is 0.874. The van der Waals surface area contributed by atoms with Crippen LogP contribution in [0.4, 0.5) is 14.5 Å². The fraction of sp³-hybridized carbons (Fsp3) is 0.250. The van der Waals surface area contributed by atoms with Crippen LogP contribution in [-0.4, -0.2) is 10.9 Å². The molecule has 0 aliphatic heterocycles. The van der Waals surface area contributed by atoms with Gasteiger partial charge in [0.15, 0.2) is 0 Å². The van der Waals surface area contributed by atoms with Crippen molar-refractivity contribution in [3.8, 4) is 0 Å². The standard InChI is InChI=1S/C16H16F2N2O/c17-16(18)12-5-3-8-14(11-12)20-15(21)9-4-7-13-6-1-2-10-19-13/h1-3,5-6,8,10-11,16H,4,7,9H2,(H,20,21). The number of carbonyl (C=O) groups is 1. The Morgan fingerprint density at radius 3 is 2.76 bits per heavy atom. The molecule has 0 aliphatic rings. The van der Waals surface area contributed by atoms with Crippen molar-refractivity contribution in [3.63, 3.8) is 0 Å². The van der Waals surface area contributed by atoms with Gasteiger partial charge in [0, 0.05) is 29.6 Å². The Morgan fingerprint density at radius 2 is 2.05 bits per heavy atom. The summed E-state index contributed by atoms with van der Waals surface area (Å²) < 4.78 is 25.1. The second-order valence-corrected chi connectivity index (χ2v) is 4.65. The van der Waals surface area contributed by atoms with Crippen molar-refractivity contribution in [2.45, 2.75) is 25.7 Å². The van der Waals surface area contributed by atoms with Crippen molar-refractivity contribution in [2.24, 2.45) is 0 Å². The van der Waals surface area contributed by atoms with E-state index >= 15 is 0 Å². The van der Waals surface area contributed by atoms with Crippen LogP contribution >= 0.6 is 0 Å². The minimum atomic E-state index is -2.54. The Bertz CT molecular complexity index is 588. The van der Waals surface area contributed by atoms with Crippen LogP contribution < -0.4 is 5.32 Å². The fourth-order valence-corrected chi connectivity index (χ4v) is 1.95. The highest BCUT2D eigenvalue weighted by atomic mass is 19.3. The Balaban J connectivity index is 1.80. The maximum absolute atomic E-state index is 12.6. The number of hydrogen-bond donors (Lipinski definition) is 1. The third-order valence-electron chi connectivity index (χ3n) is 2.99. The zero-order chi connectivity index (χ0) is 15.1. The predicted octanol–water partition coefficient (Wildman–Crippen LogP) is 3.98. The maximum Gasteiger partial charge on any atom is 0.263 e. The minimum absolute atomic E-state index is 0.0960. The molecule has 3 nitrogen and oxygen atoms in total. The van der Waals surface area contributed by atoms with Gasteiger partial charge in [0.05, 0.1) is 0 Å². The van der Waals surface area contributed by atoms with E-state index in [4.69, 9.17) is 0 Å².